The standard InChI is InChI=1S/C10H12N2O7S/c1-19-10(13)4-5-11-8-3-2-7(20(16,17)18)6-9(8)12(14)15/h2-3,6,11H,4-5H2,1H3,(H,16,17,18). The fourth-order valence-electron chi connectivity index (χ4n) is 1.37. The Morgan fingerprint density at radius 1 is 1.50 bits per heavy atom. The number of anilines is 1. The van der Waals surface area contributed by atoms with Crippen LogP contribution in [0.3, 0.4) is 0 Å². The van der Waals surface area contributed by atoms with Crippen LogP contribution in [0.5, 0.6) is 0 Å². The fourth-order valence-corrected chi connectivity index (χ4v) is 1.87. The number of hydrogen-bond donors (Lipinski definition) is 2. The first-order valence-corrected chi connectivity index (χ1v) is 6.76. The van der Waals surface area contributed by atoms with E-state index in [0.717, 1.165) is 18.2 Å². The summed E-state index contributed by atoms with van der Waals surface area (Å²) in [5.41, 5.74) is -0.490. The first-order valence-electron chi connectivity index (χ1n) is 5.32. The summed E-state index contributed by atoms with van der Waals surface area (Å²) in [5, 5.41) is 13.5. The third-order valence-electron chi connectivity index (χ3n) is 2.34. The first-order chi connectivity index (χ1) is 9.25. The van der Waals surface area contributed by atoms with E-state index < -0.39 is 31.6 Å². The summed E-state index contributed by atoms with van der Waals surface area (Å²) < 4.78 is 35.1. The van der Waals surface area contributed by atoms with Crippen molar-refractivity contribution in [2.75, 3.05) is 19.0 Å². The number of methoxy groups -OCH3 is 1. The third kappa shape index (κ3) is 4.17. The maximum atomic E-state index is 10.9. The molecule has 0 heterocycles. The number of carbonyl (C=O) groups excluding carboxylic acids is 1. The van der Waals surface area contributed by atoms with Crippen molar-refractivity contribution in [2.24, 2.45) is 0 Å². The van der Waals surface area contributed by atoms with Gasteiger partial charge in [0.05, 0.1) is 18.5 Å². The molecule has 0 spiro atoms. The first kappa shape index (κ1) is 15.9. The number of esters is 1. The minimum absolute atomic E-state index is 0.00625. The van der Waals surface area contributed by atoms with Crippen molar-refractivity contribution in [1.82, 2.24) is 0 Å². The summed E-state index contributed by atoms with van der Waals surface area (Å²) >= 11 is 0. The molecule has 0 radical (unpaired) electrons. The van der Waals surface area contributed by atoms with Gasteiger partial charge in [0, 0.05) is 12.6 Å². The van der Waals surface area contributed by atoms with E-state index in [-0.39, 0.29) is 18.7 Å². The highest BCUT2D eigenvalue weighted by molar-refractivity contribution is 7.85. The van der Waals surface area contributed by atoms with E-state index in [0.29, 0.717) is 0 Å². The van der Waals surface area contributed by atoms with Crippen molar-refractivity contribution in [2.45, 2.75) is 11.3 Å². The number of carbonyl (C=O) groups is 1. The van der Waals surface area contributed by atoms with Gasteiger partial charge in [0.15, 0.2) is 0 Å². The molecule has 0 unspecified atom stereocenters. The molecule has 0 aliphatic carbocycles. The smallest absolute Gasteiger partial charge is 0.307 e. The Labute approximate surface area is 114 Å². The van der Waals surface area contributed by atoms with Crippen LogP contribution in [-0.2, 0) is 19.6 Å². The van der Waals surface area contributed by atoms with Gasteiger partial charge in [-0.2, -0.15) is 8.42 Å². The summed E-state index contributed by atoms with van der Waals surface area (Å²) in [4.78, 5) is 20.4. The second-order valence-electron chi connectivity index (χ2n) is 3.66. The molecule has 0 atom stereocenters. The van der Waals surface area contributed by atoms with E-state index in [9.17, 15) is 23.3 Å². The van der Waals surface area contributed by atoms with Gasteiger partial charge in [-0.1, -0.05) is 0 Å². The summed E-state index contributed by atoms with van der Waals surface area (Å²) in [6, 6.07) is 2.89. The number of ether oxygens (including phenoxy) is 1. The van der Waals surface area contributed by atoms with Crippen molar-refractivity contribution in [3.63, 3.8) is 0 Å². The second-order valence-corrected chi connectivity index (χ2v) is 5.09. The van der Waals surface area contributed by atoms with Crippen molar-refractivity contribution >= 4 is 27.5 Å². The molecule has 20 heavy (non-hydrogen) atoms. The number of hydrogen-bond acceptors (Lipinski definition) is 7. The second kappa shape index (κ2) is 6.30. The monoisotopic (exact) mass is 304 g/mol. The number of nitro benzene ring substituents is 1. The van der Waals surface area contributed by atoms with Crippen LogP contribution in [0.4, 0.5) is 11.4 Å². The van der Waals surface area contributed by atoms with E-state index >= 15 is 0 Å². The normalized spacial score (nSPS) is 10.9. The third-order valence-corrected chi connectivity index (χ3v) is 3.19. The predicted octanol–water partition coefficient (Wildman–Crippen LogP) is 0.816. The molecule has 1 aromatic rings. The van der Waals surface area contributed by atoms with Gasteiger partial charge in [-0.25, -0.2) is 0 Å². The number of nitrogens with zero attached hydrogens (tertiary/aromatic N) is 1. The summed E-state index contributed by atoms with van der Waals surface area (Å²) in [7, 11) is -3.31. The number of rotatable bonds is 6. The zero-order valence-corrected chi connectivity index (χ0v) is 11.2. The molecule has 0 aromatic heterocycles. The Kier molecular flexibility index (Phi) is 5.00. The van der Waals surface area contributed by atoms with Crippen LogP contribution in [-0.4, -0.2) is 37.5 Å². The highest BCUT2D eigenvalue weighted by Gasteiger charge is 2.19. The van der Waals surface area contributed by atoms with Crippen molar-refractivity contribution in [1.29, 1.82) is 0 Å². The SMILES string of the molecule is COC(=O)CCNc1ccc(S(=O)(=O)O)cc1[N+](=O)[O-]. The molecular weight excluding hydrogens is 292 g/mol. The number of nitrogens with one attached hydrogen (secondary N) is 1. The van der Waals surface area contributed by atoms with Crippen LogP contribution in [0, 0.1) is 10.1 Å². The molecule has 0 saturated carbocycles. The van der Waals surface area contributed by atoms with Crippen LogP contribution >= 0.6 is 0 Å². The lowest BCUT2D eigenvalue weighted by atomic mass is 10.2. The molecule has 2 N–H and O–H groups in total. The highest BCUT2D eigenvalue weighted by atomic mass is 32.2. The fraction of sp³-hybridized carbons (Fsp3) is 0.300. The average Bonchev–Trinajstić information content (AvgIpc) is 2.37. The van der Waals surface area contributed by atoms with Gasteiger partial charge in [-0.05, 0) is 12.1 Å². The quantitative estimate of drug-likeness (QED) is 0.341. The Balaban J connectivity index is 2.97. The minimum atomic E-state index is -4.52. The van der Waals surface area contributed by atoms with Crippen LogP contribution in [0.25, 0.3) is 0 Å². The molecular formula is C10H12N2O7S. The van der Waals surface area contributed by atoms with Gasteiger partial charge in [-0.15, -0.1) is 0 Å². The zero-order valence-electron chi connectivity index (χ0n) is 10.4. The summed E-state index contributed by atoms with van der Waals surface area (Å²) in [5.74, 6) is -0.491. The molecule has 0 amide bonds. The summed E-state index contributed by atoms with van der Waals surface area (Å²) in [6.45, 7) is 0.0821. The molecule has 1 aromatic carbocycles. The van der Waals surface area contributed by atoms with E-state index in [4.69, 9.17) is 4.55 Å². The lowest BCUT2D eigenvalue weighted by Gasteiger charge is -2.07. The van der Waals surface area contributed by atoms with Crippen molar-refractivity contribution < 1.29 is 27.4 Å². The van der Waals surface area contributed by atoms with Gasteiger partial charge in [0.2, 0.25) is 0 Å². The van der Waals surface area contributed by atoms with Gasteiger partial charge < -0.3 is 10.1 Å². The van der Waals surface area contributed by atoms with Crippen LogP contribution in [0.1, 0.15) is 6.42 Å². The number of nitro groups is 1. The summed E-state index contributed by atoms with van der Waals surface area (Å²) in [6.07, 6.45) is -0.00625. The molecule has 0 aliphatic heterocycles. The van der Waals surface area contributed by atoms with E-state index in [1.807, 2.05) is 0 Å². The Hall–Kier alpha value is -2.20. The Morgan fingerprint density at radius 3 is 2.65 bits per heavy atom. The molecule has 0 saturated heterocycles. The topological polar surface area (TPSA) is 136 Å². The molecule has 1 rings (SSSR count). The Morgan fingerprint density at radius 2 is 2.15 bits per heavy atom. The molecule has 110 valence electrons. The molecule has 0 aliphatic rings. The molecule has 10 heteroatoms. The van der Waals surface area contributed by atoms with Crippen LogP contribution in [0.15, 0.2) is 23.1 Å². The van der Waals surface area contributed by atoms with Crippen molar-refractivity contribution in [3.8, 4) is 0 Å². The van der Waals surface area contributed by atoms with E-state index in [1.165, 1.54) is 7.11 Å². The van der Waals surface area contributed by atoms with Gasteiger partial charge in [-0.3, -0.25) is 19.5 Å². The maximum Gasteiger partial charge on any atom is 0.307 e. The maximum absolute atomic E-state index is 10.9. The van der Waals surface area contributed by atoms with Crippen LogP contribution < -0.4 is 5.32 Å². The van der Waals surface area contributed by atoms with E-state index in [1.54, 1.807) is 0 Å². The Bertz CT molecular complexity index is 626. The lowest BCUT2D eigenvalue weighted by Crippen LogP contribution is -2.11. The van der Waals surface area contributed by atoms with Crippen LogP contribution in [0.2, 0.25) is 0 Å². The average molecular weight is 304 g/mol. The minimum Gasteiger partial charge on any atom is -0.469 e. The van der Waals surface area contributed by atoms with E-state index in [2.05, 4.69) is 10.1 Å². The van der Waals surface area contributed by atoms with Crippen molar-refractivity contribution in [3.05, 3.63) is 28.3 Å². The molecule has 0 fully saturated rings. The highest BCUT2D eigenvalue weighted by Crippen LogP contribution is 2.27. The van der Waals surface area contributed by atoms with Gasteiger partial charge in [0.1, 0.15) is 10.6 Å². The zero-order chi connectivity index (χ0) is 15.3. The van der Waals surface area contributed by atoms with Gasteiger partial charge >= 0.3 is 5.97 Å². The largest absolute Gasteiger partial charge is 0.469 e. The van der Waals surface area contributed by atoms with Gasteiger partial charge in [0.25, 0.3) is 15.8 Å². The number of benzene rings is 1. The molecule has 0 bridgehead atoms. The lowest BCUT2D eigenvalue weighted by molar-refractivity contribution is -0.384. The predicted molar refractivity (Wildman–Crippen MR) is 68.0 cm³/mol. The molecule has 9 nitrogen and oxygen atoms in total.